The highest BCUT2D eigenvalue weighted by atomic mass is 16.5. The predicted octanol–water partition coefficient (Wildman–Crippen LogP) is 1.39. The highest BCUT2D eigenvalue weighted by Gasteiger charge is 2.19. The zero-order valence-corrected chi connectivity index (χ0v) is 11.0. The lowest BCUT2D eigenvalue weighted by atomic mass is 10.2. The van der Waals surface area contributed by atoms with Gasteiger partial charge < -0.3 is 10.5 Å². The minimum atomic E-state index is -0.444. The van der Waals surface area contributed by atoms with Crippen LogP contribution in [0, 0.1) is 6.92 Å². The van der Waals surface area contributed by atoms with E-state index in [1.54, 1.807) is 30.9 Å². The minimum absolute atomic E-state index is 0.272. The molecule has 0 bridgehead atoms. The van der Waals surface area contributed by atoms with Gasteiger partial charge in [-0.05, 0) is 31.5 Å². The highest BCUT2D eigenvalue weighted by Crippen LogP contribution is 2.17. The lowest BCUT2D eigenvalue weighted by Crippen LogP contribution is -2.09. The summed E-state index contributed by atoms with van der Waals surface area (Å²) >= 11 is 0. The molecular weight excluding hydrogens is 244 g/mol. The molecule has 0 spiro atoms. The molecule has 0 aliphatic carbocycles. The van der Waals surface area contributed by atoms with Crippen LogP contribution in [0.15, 0.2) is 24.5 Å². The maximum Gasteiger partial charge on any atom is 0.359 e. The molecule has 100 valence electrons. The Morgan fingerprint density at radius 3 is 2.74 bits per heavy atom. The second-order valence-electron chi connectivity index (χ2n) is 4.09. The number of rotatable bonds is 4. The fraction of sp³-hybridized carbons (Fsp3) is 0.308. The summed E-state index contributed by atoms with van der Waals surface area (Å²) in [5, 5.41) is 4.22. The van der Waals surface area contributed by atoms with Crippen LogP contribution in [0.25, 0.3) is 0 Å². The molecule has 0 amide bonds. The van der Waals surface area contributed by atoms with Gasteiger partial charge in [-0.3, -0.25) is 4.98 Å². The van der Waals surface area contributed by atoms with Crippen molar-refractivity contribution >= 4 is 11.8 Å². The molecule has 0 radical (unpaired) electrons. The molecule has 0 aromatic carbocycles. The van der Waals surface area contributed by atoms with Crippen molar-refractivity contribution in [1.82, 2.24) is 14.8 Å². The minimum Gasteiger partial charge on any atom is -0.461 e. The number of carbonyl (C=O) groups excluding carboxylic acids is 1. The van der Waals surface area contributed by atoms with Gasteiger partial charge in [0, 0.05) is 18.0 Å². The summed E-state index contributed by atoms with van der Waals surface area (Å²) < 4.78 is 6.54. The third kappa shape index (κ3) is 2.73. The summed E-state index contributed by atoms with van der Waals surface area (Å²) in [6.07, 6.45) is 3.41. The zero-order chi connectivity index (χ0) is 13.8. The maximum absolute atomic E-state index is 11.7. The number of aromatic nitrogens is 3. The van der Waals surface area contributed by atoms with Gasteiger partial charge in [-0.15, -0.1) is 0 Å². The monoisotopic (exact) mass is 260 g/mol. The van der Waals surface area contributed by atoms with E-state index in [0.29, 0.717) is 24.5 Å². The van der Waals surface area contributed by atoms with Crippen molar-refractivity contribution in [1.29, 1.82) is 0 Å². The zero-order valence-electron chi connectivity index (χ0n) is 11.0. The molecule has 0 aliphatic rings. The summed E-state index contributed by atoms with van der Waals surface area (Å²) in [6, 6.07) is 3.75. The van der Waals surface area contributed by atoms with Gasteiger partial charge in [0.2, 0.25) is 0 Å². The number of pyridine rings is 1. The van der Waals surface area contributed by atoms with Gasteiger partial charge in [0.25, 0.3) is 0 Å². The number of hydrogen-bond donors (Lipinski definition) is 1. The molecule has 2 N–H and O–H groups in total. The summed E-state index contributed by atoms with van der Waals surface area (Å²) in [4.78, 5) is 15.7. The standard InChI is InChI=1S/C13H16N4O2/c1-3-19-13(18)11-9(2)12(14)17(16-11)8-10-4-6-15-7-5-10/h4-7H,3,8,14H2,1-2H3. The van der Waals surface area contributed by atoms with Crippen molar-refractivity contribution < 1.29 is 9.53 Å². The summed E-state index contributed by atoms with van der Waals surface area (Å²) in [5.41, 5.74) is 7.89. The molecule has 2 aromatic rings. The molecule has 19 heavy (non-hydrogen) atoms. The molecule has 2 aromatic heterocycles. The van der Waals surface area contributed by atoms with Crippen LogP contribution in [-0.2, 0) is 11.3 Å². The van der Waals surface area contributed by atoms with Crippen LogP contribution in [0.1, 0.15) is 28.5 Å². The molecule has 0 atom stereocenters. The Bertz CT molecular complexity index is 578. The van der Waals surface area contributed by atoms with Gasteiger partial charge in [0.1, 0.15) is 5.82 Å². The third-order valence-corrected chi connectivity index (χ3v) is 2.79. The van der Waals surface area contributed by atoms with Gasteiger partial charge >= 0.3 is 5.97 Å². The van der Waals surface area contributed by atoms with Crippen molar-refractivity contribution in [3.05, 3.63) is 41.3 Å². The van der Waals surface area contributed by atoms with Gasteiger partial charge in [0.05, 0.1) is 13.2 Å². The number of nitrogens with zero attached hydrogens (tertiary/aromatic N) is 3. The van der Waals surface area contributed by atoms with Crippen LogP contribution in [0.3, 0.4) is 0 Å². The Kier molecular flexibility index (Phi) is 3.79. The number of esters is 1. The SMILES string of the molecule is CCOC(=O)c1nn(Cc2ccncc2)c(N)c1C. The van der Waals surface area contributed by atoms with Gasteiger partial charge in [-0.1, -0.05) is 0 Å². The fourth-order valence-electron chi connectivity index (χ4n) is 1.74. The molecule has 0 unspecified atom stereocenters. The van der Waals surface area contributed by atoms with E-state index >= 15 is 0 Å². The normalized spacial score (nSPS) is 10.4. The van der Waals surface area contributed by atoms with Crippen molar-refractivity contribution in [3.63, 3.8) is 0 Å². The van der Waals surface area contributed by atoms with Crippen molar-refractivity contribution in [2.24, 2.45) is 0 Å². The Balaban J connectivity index is 2.28. The fourth-order valence-corrected chi connectivity index (χ4v) is 1.74. The summed E-state index contributed by atoms with van der Waals surface area (Å²) in [5.74, 6) is 0.0278. The molecule has 6 nitrogen and oxygen atoms in total. The molecule has 2 heterocycles. The first-order valence-electron chi connectivity index (χ1n) is 6.02. The molecule has 2 rings (SSSR count). The van der Waals surface area contributed by atoms with E-state index in [4.69, 9.17) is 10.5 Å². The van der Waals surface area contributed by atoms with Crippen LogP contribution in [0.4, 0.5) is 5.82 Å². The second kappa shape index (κ2) is 5.51. The van der Waals surface area contributed by atoms with Gasteiger partial charge in [0.15, 0.2) is 5.69 Å². The average molecular weight is 260 g/mol. The molecule has 0 saturated carbocycles. The predicted molar refractivity (Wildman–Crippen MR) is 70.7 cm³/mol. The molecule has 0 aliphatic heterocycles. The van der Waals surface area contributed by atoms with Crippen LogP contribution in [0.2, 0.25) is 0 Å². The van der Waals surface area contributed by atoms with Crippen LogP contribution < -0.4 is 5.73 Å². The number of hydrogen-bond acceptors (Lipinski definition) is 5. The van der Waals surface area contributed by atoms with E-state index in [9.17, 15) is 4.79 Å². The number of anilines is 1. The van der Waals surface area contributed by atoms with E-state index in [1.165, 1.54) is 0 Å². The second-order valence-corrected chi connectivity index (χ2v) is 4.09. The highest BCUT2D eigenvalue weighted by molar-refractivity contribution is 5.90. The number of carbonyl (C=O) groups is 1. The molecule has 0 saturated heterocycles. The molecular formula is C13H16N4O2. The largest absolute Gasteiger partial charge is 0.461 e. The first-order valence-corrected chi connectivity index (χ1v) is 6.02. The van der Waals surface area contributed by atoms with Crippen molar-refractivity contribution in [3.8, 4) is 0 Å². The van der Waals surface area contributed by atoms with Gasteiger partial charge in [-0.25, -0.2) is 9.48 Å². The first-order chi connectivity index (χ1) is 9.13. The third-order valence-electron chi connectivity index (χ3n) is 2.79. The van der Waals surface area contributed by atoms with E-state index < -0.39 is 5.97 Å². The van der Waals surface area contributed by atoms with E-state index in [2.05, 4.69) is 10.1 Å². The Hall–Kier alpha value is -2.37. The molecule has 0 fully saturated rings. The average Bonchev–Trinajstić information content (AvgIpc) is 2.69. The topological polar surface area (TPSA) is 83.0 Å². The summed E-state index contributed by atoms with van der Waals surface area (Å²) in [7, 11) is 0. The summed E-state index contributed by atoms with van der Waals surface area (Å²) in [6.45, 7) is 4.33. The van der Waals surface area contributed by atoms with Gasteiger partial charge in [-0.2, -0.15) is 5.10 Å². The first kappa shape index (κ1) is 13.1. The van der Waals surface area contributed by atoms with Crippen molar-refractivity contribution in [2.75, 3.05) is 12.3 Å². The van der Waals surface area contributed by atoms with Crippen LogP contribution >= 0.6 is 0 Å². The number of nitrogens with two attached hydrogens (primary N) is 1. The lowest BCUT2D eigenvalue weighted by molar-refractivity contribution is 0.0517. The number of ether oxygens (including phenoxy) is 1. The molecule has 6 heteroatoms. The number of nitrogen functional groups attached to an aromatic ring is 1. The van der Waals surface area contributed by atoms with E-state index in [0.717, 1.165) is 5.56 Å². The lowest BCUT2D eigenvalue weighted by Gasteiger charge is -2.03. The Morgan fingerprint density at radius 1 is 1.42 bits per heavy atom. The van der Waals surface area contributed by atoms with E-state index in [1.807, 2.05) is 12.1 Å². The van der Waals surface area contributed by atoms with Crippen molar-refractivity contribution in [2.45, 2.75) is 20.4 Å². The maximum atomic E-state index is 11.7. The Morgan fingerprint density at radius 2 is 2.11 bits per heavy atom. The van der Waals surface area contributed by atoms with Crippen LogP contribution in [-0.4, -0.2) is 27.3 Å². The van der Waals surface area contributed by atoms with E-state index in [-0.39, 0.29) is 5.69 Å². The van der Waals surface area contributed by atoms with Crippen LogP contribution in [0.5, 0.6) is 0 Å². The Labute approximate surface area is 111 Å². The quantitative estimate of drug-likeness (QED) is 0.840. The smallest absolute Gasteiger partial charge is 0.359 e.